The molecule has 0 unspecified atom stereocenters. The highest BCUT2D eigenvalue weighted by Crippen LogP contribution is 2.25. The van der Waals surface area contributed by atoms with Crippen LogP contribution < -0.4 is 4.74 Å². The van der Waals surface area contributed by atoms with Gasteiger partial charge in [0.15, 0.2) is 0 Å². The first-order chi connectivity index (χ1) is 5.42. The fourth-order valence-corrected chi connectivity index (χ4v) is 1.72. The standard InChI is InChI=1S/C9H13NO/c1-11-9-5-7-10-6-3-2-4-8(9)10/h5,7H,2-4,6H2,1H3. The Kier molecular flexibility index (Phi) is 1.60. The van der Waals surface area contributed by atoms with E-state index in [4.69, 9.17) is 4.74 Å². The molecule has 1 aliphatic rings. The van der Waals surface area contributed by atoms with Crippen molar-refractivity contribution in [1.82, 2.24) is 4.57 Å². The fraction of sp³-hybridized carbons (Fsp3) is 0.556. The van der Waals surface area contributed by atoms with E-state index in [-0.39, 0.29) is 0 Å². The molecule has 0 fully saturated rings. The molecular formula is C9H13NO. The first-order valence-corrected chi connectivity index (χ1v) is 4.14. The zero-order valence-corrected chi connectivity index (χ0v) is 6.84. The number of ether oxygens (including phenoxy) is 1. The van der Waals surface area contributed by atoms with Crippen LogP contribution >= 0.6 is 0 Å². The van der Waals surface area contributed by atoms with E-state index in [2.05, 4.69) is 16.8 Å². The van der Waals surface area contributed by atoms with Crippen molar-refractivity contribution in [2.24, 2.45) is 0 Å². The van der Waals surface area contributed by atoms with Crippen LogP contribution in [0.1, 0.15) is 18.5 Å². The molecular weight excluding hydrogens is 138 g/mol. The summed E-state index contributed by atoms with van der Waals surface area (Å²) in [6, 6.07) is 2.06. The highest BCUT2D eigenvalue weighted by atomic mass is 16.5. The molecule has 0 saturated heterocycles. The summed E-state index contributed by atoms with van der Waals surface area (Å²) in [4.78, 5) is 0. The van der Waals surface area contributed by atoms with Crippen LogP contribution in [0.25, 0.3) is 0 Å². The molecule has 0 aliphatic carbocycles. The fourth-order valence-electron chi connectivity index (χ4n) is 1.72. The molecule has 1 aliphatic heterocycles. The normalized spacial score (nSPS) is 16.1. The van der Waals surface area contributed by atoms with Crippen molar-refractivity contribution in [1.29, 1.82) is 0 Å². The summed E-state index contributed by atoms with van der Waals surface area (Å²) in [5.74, 6) is 1.06. The van der Waals surface area contributed by atoms with E-state index in [0.29, 0.717) is 0 Å². The maximum atomic E-state index is 5.23. The summed E-state index contributed by atoms with van der Waals surface area (Å²) in [6.45, 7) is 1.17. The smallest absolute Gasteiger partial charge is 0.139 e. The first-order valence-electron chi connectivity index (χ1n) is 4.14. The van der Waals surface area contributed by atoms with Gasteiger partial charge in [-0.3, -0.25) is 0 Å². The molecule has 0 aromatic carbocycles. The van der Waals surface area contributed by atoms with Gasteiger partial charge in [0.05, 0.1) is 12.8 Å². The van der Waals surface area contributed by atoms with Crippen LogP contribution in [0.2, 0.25) is 0 Å². The highest BCUT2D eigenvalue weighted by molar-refractivity contribution is 5.30. The van der Waals surface area contributed by atoms with Gasteiger partial charge in [0, 0.05) is 12.7 Å². The second-order valence-corrected chi connectivity index (χ2v) is 2.98. The van der Waals surface area contributed by atoms with Gasteiger partial charge in [0.1, 0.15) is 5.75 Å². The Hall–Kier alpha value is -0.920. The molecule has 0 radical (unpaired) electrons. The van der Waals surface area contributed by atoms with Crippen LogP contribution in [-0.2, 0) is 13.0 Å². The van der Waals surface area contributed by atoms with Gasteiger partial charge in [-0.1, -0.05) is 0 Å². The van der Waals surface area contributed by atoms with Gasteiger partial charge in [0.25, 0.3) is 0 Å². The molecule has 11 heavy (non-hydrogen) atoms. The minimum absolute atomic E-state index is 1.06. The van der Waals surface area contributed by atoms with Crippen molar-refractivity contribution in [2.75, 3.05) is 7.11 Å². The van der Waals surface area contributed by atoms with E-state index in [9.17, 15) is 0 Å². The van der Waals surface area contributed by atoms with Crippen LogP contribution in [0.4, 0.5) is 0 Å². The number of nitrogens with zero attached hydrogens (tertiary/aromatic N) is 1. The maximum Gasteiger partial charge on any atom is 0.139 e. The molecule has 0 saturated carbocycles. The second kappa shape index (κ2) is 2.61. The Labute approximate surface area is 66.8 Å². The lowest BCUT2D eigenvalue weighted by molar-refractivity contribution is 0.400. The third-order valence-corrected chi connectivity index (χ3v) is 2.32. The topological polar surface area (TPSA) is 14.2 Å². The average molecular weight is 151 g/mol. The van der Waals surface area contributed by atoms with E-state index in [1.54, 1.807) is 7.11 Å². The lowest BCUT2D eigenvalue weighted by atomic mass is 10.1. The summed E-state index contributed by atoms with van der Waals surface area (Å²) in [5.41, 5.74) is 1.37. The summed E-state index contributed by atoms with van der Waals surface area (Å²) in [5, 5.41) is 0. The van der Waals surface area contributed by atoms with Gasteiger partial charge in [-0.2, -0.15) is 0 Å². The Morgan fingerprint density at radius 2 is 2.36 bits per heavy atom. The number of hydrogen-bond acceptors (Lipinski definition) is 1. The number of aromatic nitrogens is 1. The van der Waals surface area contributed by atoms with Crippen molar-refractivity contribution >= 4 is 0 Å². The van der Waals surface area contributed by atoms with Crippen LogP contribution in [0.15, 0.2) is 12.3 Å². The summed E-state index contributed by atoms with van der Waals surface area (Å²) in [6.07, 6.45) is 5.91. The monoisotopic (exact) mass is 151 g/mol. The Balaban J connectivity index is 2.38. The second-order valence-electron chi connectivity index (χ2n) is 2.98. The third-order valence-electron chi connectivity index (χ3n) is 2.32. The van der Waals surface area contributed by atoms with Crippen molar-refractivity contribution in [3.63, 3.8) is 0 Å². The van der Waals surface area contributed by atoms with Crippen LogP contribution in [0, 0.1) is 0 Å². The van der Waals surface area contributed by atoms with E-state index in [1.165, 1.54) is 31.5 Å². The van der Waals surface area contributed by atoms with Crippen molar-refractivity contribution < 1.29 is 4.74 Å². The quantitative estimate of drug-likeness (QED) is 0.597. The Morgan fingerprint density at radius 3 is 3.18 bits per heavy atom. The predicted molar refractivity (Wildman–Crippen MR) is 43.9 cm³/mol. The molecule has 2 heteroatoms. The lowest BCUT2D eigenvalue weighted by Crippen LogP contribution is -2.09. The number of hydrogen-bond donors (Lipinski definition) is 0. The van der Waals surface area contributed by atoms with Gasteiger partial charge in [-0.25, -0.2) is 0 Å². The van der Waals surface area contributed by atoms with Crippen molar-refractivity contribution in [2.45, 2.75) is 25.8 Å². The van der Waals surface area contributed by atoms with Gasteiger partial charge < -0.3 is 9.30 Å². The van der Waals surface area contributed by atoms with Crippen LogP contribution in [0.3, 0.4) is 0 Å². The maximum absolute atomic E-state index is 5.23. The van der Waals surface area contributed by atoms with Gasteiger partial charge in [0.2, 0.25) is 0 Å². The van der Waals surface area contributed by atoms with Gasteiger partial charge in [-0.05, 0) is 25.3 Å². The molecule has 0 N–H and O–H groups in total. The lowest BCUT2D eigenvalue weighted by Gasteiger charge is -2.15. The van der Waals surface area contributed by atoms with Gasteiger partial charge in [-0.15, -0.1) is 0 Å². The molecule has 0 amide bonds. The summed E-state index contributed by atoms with van der Waals surface area (Å²) in [7, 11) is 1.74. The number of rotatable bonds is 1. The molecule has 2 heterocycles. The minimum Gasteiger partial charge on any atom is -0.495 e. The highest BCUT2D eigenvalue weighted by Gasteiger charge is 2.12. The third kappa shape index (κ3) is 1.02. The molecule has 0 atom stereocenters. The number of methoxy groups -OCH3 is 1. The molecule has 60 valence electrons. The first kappa shape index (κ1) is 6.77. The SMILES string of the molecule is COc1ccn2c1CCCC2. The van der Waals surface area contributed by atoms with E-state index < -0.39 is 0 Å². The molecule has 1 aromatic heterocycles. The van der Waals surface area contributed by atoms with Crippen molar-refractivity contribution in [3.8, 4) is 5.75 Å². The van der Waals surface area contributed by atoms with Crippen LogP contribution in [-0.4, -0.2) is 11.7 Å². The summed E-state index contributed by atoms with van der Waals surface area (Å²) < 4.78 is 7.53. The summed E-state index contributed by atoms with van der Waals surface area (Å²) >= 11 is 0. The largest absolute Gasteiger partial charge is 0.495 e. The zero-order chi connectivity index (χ0) is 7.68. The zero-order valence-electron chi connectivity index (χ0n) is 6.84. The molecule has 1 aromatic rings. The van der Waals surface area contributed by atoms with Crippen LogP contribution in [0.5, 0.6) is 5.75 Å². The van der Waals surface area contributed by atoms with E-state index in [0.717, 1.165) is 5.75 Å². The molecule has 2 rings (SSSR count). The van der Waals surface area contributed by atoms with Crippen molar-refractivity contribution in [3.05, 3.63) is 18.0 Å². The van der Waals surface area contributed by atoms with E-state index >= 15 is 0 Å². The minimum atomic E-state index is 1.06. The molecule has 0 spiro atoms. The van der Waals surface area contributed by atoms with E-state index in [1.807, 2.05) is 0 Å². The molecule has 2 nitrogen and oxygen atoms in total. The number of fused-ring (bicyclic) bond motifs is 1. The Bertz CT molecular complexity index is 239. The molecule has 0 bridgehead atoms. The Morgan fingerprint density at radius 1 is 1.45 bits per heavy atom. The number of aryl methyl sites for hydroxylation is 1. The van der Waals surface area contributed by atoms with Gasteiger partial charge >= 0.3 is 0 Å². The average Bonchev–Trinajstić information content (AvgIpc) is 2.47. The predicted octanol–water partition coefficient (Wildman–Crippen LogP) is 1.83.